The van der Waals surface area contributed by atoms with E-state index in [1.165, 1.54) is 0 Å². The molecule has 3 nitrogen and oxygen atoms in total. The van der Waals surface area contributed by atoms with Gasteiger partial charge in [-0.1, -0.05) is 19.3 Å². The standard InChI is InChI=1S/C11H18N2O/c1-3-6-9(4-2)13-11(14)10-7-5-8-12-10/h2,9-10,12H,3,5-8H2,1H3,(H,13,14)/t9?,10-/m0/s1. The van der Waals surface area contributed by atoms with E-state index in [1.807, 2.05) is 0 Å². The number of carbonyl (C=O) groups is 1. The van der Waals surface area contributed by atoms with Crippen molar-refractivity contribution in [3.05, 3.63) is 0 Å². The SMILES string of the molecule is C#CC(CCC)NC(=O)[C@@H]1CCCN1. The third-order valence-electron chi connectivity index (χ3n) is 2.47. The van der Waals surface area contributed by atoms with Gasteiger partial charge >= 0.3 is 0 Å². The summed E-state index contributed by atoms with van der Waals surface area (Å²) < 4.78 is 0. The Hall–Kier alpha value is -1.01. The summed E-state index contributed by atoms with van der Waals surface area (Å²) in [6.45, 7) is 3.00. The van der Waals surface area contributed by atoms with Crippen molar-refractivity contribution in [3.8, 4) is 12.3 Å². The Kier molecular flexibility index (Phi) is 4.48. The quantitative estimate of drug-likeness (QED) is 0.645. The fourth-order valence-corrected chi connectivity index (χ4v) is 1.67. The molecule has 1 unspecified atom stereocenters. The van der Waals surface area contributed by atoms with Gasteiger partial charge in [-0.05, 0) is 25.8 Å². The van der Waals surface area contributed by atoms with Gasteiger partial charge in [-0.15, -0.1) is 6.42 Å². The minimum atomic E-state index is -0.102. The van der Waals surface area contributed by atoms with Crippen LogP contribution < -0.4 is 10.6 Å². The summed E-state index contributed by atoms with van der Waals surface area (Å²) in [5.74, 6) is 2.65. The molecular weight excluding hydrogens is 176 g/mol. The normalized spacial score (nSPS) is 22.7. The van der Waals surface area contributed by atoms with E-state index in [4.69, 9.17) is 6.42 Å². The highest BCUT2D eigenvalue weighted by atomic mass is 16.2. The number of hydrogen-bond donors (Lipinski definition) is 2. The molecule has 0 aromatic rings. The van der Waals surface area contributed by atoms with Crippen molar-refractivity contribution in [2.75, 3.05) is 6.54 Å². The molecule has 3 heteroatoms. The number of rotatable bonds is 4. The van der Waals surface area contributed by atoms with E-state index in [-0.39, 0.29) is 18.0 Å². The van der Waals surface area contributed by atoms with Crippen LogP contribution in [0.1, 0.15) is 32.6 Å². The summed E-state index contributed by atoms with van der Waals surface area (Å²) in [6, 6.07) is -0.127. The molecule has 0 aromatic carbocycles. The molecule has 1 aliphatic rings. The maximum absolute atomic E-state index is 11.6. The van der Waals surface area contributed by atoms with Crippen LogP contribution in [-0.2, 0) is 4.79 Å². The van der Waals surface area contributed by atoms with Crippen LogP contribution >= 0.6 is 0 Å². The Labute approximate surface area is 85.6 Å². The van der Waals surface area contributed by atoms with Crippen LogP contribution in [0.3, 0.4) is 0 Å². The molecule has 1 aliphatic heterocycles. The Morgan fingerprint density at radius 2 is 2.57 bits per heavy atom. The minimum Gasteiger partial charge on any atom is -0.341 e. The lowest BCUT2D eigenvalue weighted by atomic mass is 10.1. The molecule has 1 rings (SSSR count). The number of terminal acetylenes is 1. The predicted molar refractivity (Wildman–Crippen MR) is 56.7 cm³/mol. The summed E-state index contributed by atoms with van der Waals surface area (Å²) >= 11 is 0. The van der Waals surface area contributed by atoms with Crippen LogP contribution in [0.15, 0.2) is 0 Å². The average molecular weight is 194 g/mol. The Balaban J connectivity index is 2.34. The van der Waals surface area contributed by atoms with Gasteiger partial charge in [0.25, 0.3) is 0 Å². The molecule has 1 saturated heterocycles. The van der Waals surface area contributed by atoms with Crippen molar-refractivity contribution in [2.24, 2.45) is 0 Å². The molecule has 1 fully saturated rings. The molecule has 0 aliphatic carbocycles. The molecule has 1 heterocycles. The molecule has 0 radical (unpaired) electrons. The Bertz CT molecular complexity index is 226. The number of hydrogen-bond acceptors (Lipinski definition) is 2. The zero-order chi connectivity index (χ0) is 10.4. The van der Waals surface area contributed by atoms with Gasteiger partial charge in [0.1, 0.15) is 0 Å². The van der Waals surface area contributed by atoms with E-state index in [9.17, 15) is 4.79 Å². The Morgan fingerprint density at radius 1 is 1.79 bits per heavy atom. The molecule has 78 valence electrons. The zero-order valence-corrected chi connectivity index (χ0v) is 8.68. The van der Waals surface area contributed by atoms with Crippen LogP contribution in [0.4, 0.5) is 0 Å². The second kappa shape index (κ2) is 5.66. The van der Waals surface area contributed by atoms with Crippen LogP contribution in [0.2, 0.25) is 0 Å². The topological polar surface area (TPSA) is 41.1 Å². The van der Waals surface area contributed by atoms with Crippen molar-refractivity contribution in [3.63, 3.8) is 0 Å². The molecule has 2 atom stereocenters. The lowest BCUT2D eigenvalue weighted by molar-refractivity contribution is -0.123. The summed E-state index contributed by atoms with van der Waals surface area (Å²) in [7, 11) is 0. The monoisotopic (exact) mass is 194 g/mol. The number of nitrogens with one attached hydrogen (secondary N) is 2. The smallest absolute Gasteiger partial charge is 0.238 e. The van der Waals surface area contributed by atoms with Gasteiger partial charge in [-0.3, -0.25) is 4.79 Å². The van der Waals surface area contributed by atoms with E-state index in [0.29, 0.717) is 0 Å². The molecule has 2 N–H and O–H groups in total. The molecule has 0 bridgehead atoms. The highest BCUT2D eigenvalue weighted by molar-refractivity contribution is 5.82. The first-order valence-electron chi connectivity index (χ1n) is 5.27. The highest BCUT2D eigenvalue weighted by Gasteiger charge is 2.23. The predicted octanol–water partition coefficient (Wildman–Crippen LogP) is 0.656. The van der Waals surface area contributed by atoms with Crippen molar-refractivity contribution in [1.29, 1.82) is 0 Å². The second-order valence-corrected chi connectivity index (χ2v) is 3.67. The number of carbonyl (C=O) groups excluding carboxylic acids is 1. The van der Waals surface area contributed by atoms with Crippen LogP contribution in [-0.4, -0.2) is 24.5 Å². The van der Waals surface area contributed by atoms with Gasteiger partial charge in [0.15, 0.2) is 0 Å². The molecule has 14 heavy (non-hydrogen) atoms. The van der Waals surface area contributed by atoms with E-state index >= 15 is 0 Å². The van der Waals surface area contributed by atoms with Crippen molar-refractivity contribution < 1.29 is 4.79 Å². The van der Waals surface area contributed by atoms with Gasteiger partial charge in [0.05, 0.1) is 12.1 Å². The summed E-state index contributed by atoms with van der Waals surface area (Å²) in [5.41, 5.74) is 0. The van der Waals surface area contributed by atoms with E-state index in [2.05, 4.69) is 23.5 Å². The Morgan fingerprint density at radius 3 is 3.07 bits per heavy atom. The maximum atomic E-state index is 11.6. The first-order valence-corrected chi connectivity index (χ1v) is 5.27. The highest BCUT2D eigenvalue weighted by Crippen LogP contribution is 2.05. The van der Waals surface area contributed by atoms with Crippen molar-refractivity contribution in [2.45, 2.75) is 44.7 Å². The van der Waals surface area contributed by atoms with E-state index in [0.717, 1.165) is 32.2 Å². The minimum absolute atomic E-state index is 0.0253. The maximum Gasteiger partial charge on any atom is 0.238 e. The number of amides is 1. The van der Waals surface area contributed by atoms with Gasteiger partial charge in [0, 0.05) is 0 Å². The van der Waals surface area contributed by atoms with Crippen LogP contribution in [0.5, 0.6) is 0 Å². The first-order chi connectivity index (χ1) is 6.77. The third-order valence-corrected chi connectivity index (χ3v) is 2.47. The fraction of sp³-hybridized carbons (Fsp3) is 0.727. The van der Waals surface area contributed by atoms with Gasteiger partial charge < -0.3 is 10.6 Å². The van der Waals surface area contributed by atoms with Crippen molar-refractivity contribution >= 4 is 5.91 Å². The first kappa shape index (κ1) is 11.1. The van der Waals surface area contributed by atoms with Crippen LogP contribution in [0, 0.1) is 12.3 Å². The summed E-state index contributed by atoms with van der Waals surface area (Å²) in [4.78, 5) is 11.6. The lowest BCUT2D eigenvalue weighted by Gasteiger charge is -2.15. The van der Waals surface area contributed by atoms with Crippen LogP contribution in [0.25, 0.3) is 0 Å². The molecule has 0 spiro atoms. The van der Waals surface area contributed by atoms with Crippen molar-refractivity contribution in [1.82, 2.24) is 10.6 Å². The van der Waals surface area contributed by atoms with Gasteiger partial charge in [-0.25, -0.2) is 0 Å². The summed E-state index contributed by atoms with van der Waals surface area (Å²) in [5, 5.41) is 6.02. The zero-order valence-electron chi connectivity index (χ0n) is 8.68. The van der Waals surface area contributed by atoms with Gasteiger partial charge in [-0.2, -0.15) is 0 Å². The molecular formula is C11H18N2O. The molecule has 0 aromatic heterocycles. The lowest BCUT2D eigenvalue weighted by Crippen LogP contribution is -2.44. The fourth-order valence-electron chi connectivity index (χ4n) is 1.67. The van der Waals surface area contributed by atoms with E-state index in [1.54, 1.807) is 0 Å². The van der Waals surface area contributed by atoms with E-state index < -0.39 is 0 Å². The second-order valence-electron chi connectivity index (χ2n) is 3.67. The largest absolute Gasteiger partial charge is 0.341 e. The molecule has 0 saturated carbocycles. The third kappa shape index (κ3) is 3.04. The molecule has 1 amide bonds. The average Bonchev–Trinajstić information content (AvgIpc) is 2.69. The summed E-state index contributed by atoms with van der Waals surface area (Å²) in [6.07, 6.45) is 9.17. The van der Waals surface area contributed by atoms with Gasteiger partial charge in [0.2, 0.25) is 5.91 Å².